The van der Waals surface area contributed by atoms with Gasteiger partial charge in [-0.05, 0) is 57.8 Å². The normalized spacial score (nSPS) is 36.9. The molecule has 5 aliphatic carbocycles. The predicted octanol–water partition coefficient (Wildman–Crippen LogP) is 10.1. The van der Waals surface area contributed by atoms with Crippen molar-refractivity contribution in [2.24, 2.45) is 59.2 Å². The van der Waals surface area contributed by atoms with Crippen LogP contribution in [0.15, 0.2) is 0 Å². The van der Waals surface area contributed by atoms with E-state index in [4.69, 9.17) is 0 Å². The third kappa shape index (κ3) is 14.8. The van der Waals surface area contributed by atoms with Crippen molar-refractivity contribution >= 4 is 28.9 Å². The molecular weight excluding hydrogens is 560 g/mol. The lowest BCUT2D eigenvalue weighted by Crippen LogP contribution is -2.32. The average molecular weight is 631 g/mol. The van der Waals surface area contributed by atoms with Crippen LogP contribution in [0.5, 0.6) is 0 Å². The van der Waals surface area contributed by atoms with Gasteiger partial charge in [0.2, 0.25) is 0 Å². The van der Waals surface area contributed by atoms with Gasteiger partial charge in [-0.25, -0.2) is 0 Å². The Bertz CT molecular complexity index is 875. The lowest BCUT2D eigenvalue weighted by molar-refractivity contribution is -0.134. The molecule has 0 N–H and O–H groups in total. The Labute approximate surface area is 277 Å². The van der Waals surface area contributed by atoms with Crippen LogP contribution in [-0.2, 0) is 24.0 Å². The van der Waals surface area contributed by atoms with Crippen molar-refractivity contribution in [2.75, 3.05) is 0 Å². The van der Waals surface area contributed by atoms with E-state index in [1.54, 1.807) is 0 Å². The Morgan fingerprint density at radius 2 is 0.467 bits per heavy atom. The standard InChI is InChI=1S/C10H18O.C9H16O.C8H14O.C7H12O.C6H10O/c1-8-6-4-3-5-7-9(2)10(8)11;1-7-5-3-4-6-8(2)9(7)10;1-6-4-3-5-7(2)8(6)9;1-5-3-4-6(2)7(5)8;1-4-3-5(2)6(4)7/h8-9H,3-7H2,1-2H3;7-8H,3-6H2,1-2H3;6-7H,3-5H2,1-2H3;5-6H,3-4H2,1-2H3;4-5H,3H2,1-2H3/t8-,9+;7-,8?;6-,7?;5-,6?;4-,5?/m.1111/s1. The number of hydrogen-bond acceptors (Lipinski definition) is 5. The van der Waals surface area contributed by atoms with Crippen molar-refractivity contribution in [3.63, 3.8) is 0 Å². The smallest absolute Gasteiger partial charge is 0.138 e. The van der Waals surface area contributed by atoms with Crippen molar-refractivity contribution in [3.8, 4) is 0 Å². The maximum Gasteiger partial charge on any atom is 0.138 e. The molecule has 5 nitrogen and oxygen atoms in total. The molecule has 0 aromatic heterocycles. The predicted molar refractivity (Wildman–Crippen MR) is 186 cm³/mol. The summed E-state index contributed by atoms with van der Waals surface area (Å²) in [6, 6.07) is 0. The highest BCUT2D eigenvalue weighted by atomic mass is 16.1. The largest absolute Gasteiger partial charge is 0.299 e. The van der Waals surface area contributed by atoms with Gasteiger partial charge in [-0.3, -0.25) is 24.0 Å². The van der Waals surface area contributed by atoms with E-state index in [0.29, 0.717) is 88.1 Å². The number of ketones is 5. The molecule has 0 radical (unpaired) electrons. The van der Waals surface area contributed by atoms with Crippen molar-refractivity contribution in [1.82, 2.24) is 0 Å². The zero-order valence-corrected chi connectivity index (χ0v) is 30.9. The molecule has 0 spiro atoms. The summed E-state index contributed by atoms with van der Waals surface area (Å²) in [4.78, 5) is 55.4. The van der Waals surface area contributed by atoms with Gasteiger partial charge in [-0.1, -0.05) is 108 Å². The zero-order valence-electron chi connectivity index (χ0n) is 30.9. The number of carbonyl (C=O) groups excluding carboxylic acids is 5. The Kier molecular flexibility index (Phi) is 19.6. The van der Waals surface area contributed by atoms with E-state index < -0.39 is 0 Å². The summed E-state index contributed by atoms with van der Waals surface area (Å²) in [5, 5.41) is 0. The summed E-state index contributed by atoms with van der Waals surface area (Å²) in [6.45, 7) is 20.4. The molecule has 0 aromatic carbocycles. The molecule has 45 heavy (non-hydrogen) atoms. The van der Waals surface area contributed by atoms with Gasteiger partial charge in [-0.15, -0.1) is 0 Å². The molecule has 0 amide bonds. The summed E-state index contributed by atoms with van der Waals surface area (Å²) in [7, 11) is 0. The summed E-state index contributed by atoms with van der Waals surface area (Å²) in [5.41, 5.74) is 0. The molecule has 5 fully saturated rings. The fourth-order valence-corrected chi connectivity index (χ4v) is 7.38. The summed E-state index contributed by atoms with van der Waals surface area (Å²) < 4.78 is 0. The molecule has 5 saturated carbocycles. The highest BCUT2D eigenvalue weighted by Gasteiger charge is 2.31. The zero-order chi connectivity index (χ0) is 34.3. The van der Waals surface area contributed by atoms with Gasteiger partial charge in [0.15, 0.2) is 0 Å². The minimum atomic E-state index is 0.324. The molecule has 0 saturated heterocycles. The van der Waals surface area contributed by atoms with Crippen molar-refractivity contribution in [3.05, 3.63) is 0 Å². The molecule has 10 atom stereocenters. The van der Waals surface area contributed by atoms with Crippen LogP contribution in [0.2, 0.25) is 0 Å². The fourth-order valence-electron chi connectivity index (χ4n) is 7.38. The first-order chi connectivity index (χ1) is 21.1. The van der Waals surface area contributed by atoms with E-state index in [9.17, 15) is 24.0 Å². The number of Topliss-reactive ketones (excluding diaryl/α,β-unsaturated/α-hetero) is 5. The Hall–Kier alpha value is -1.65. The maximum atomic E-state index is 11.5. The van der Waals surface area contributed by atoms with Crippen LogP contribution in [0.1, 0.15) is 166 Å². The van der Waals surface area contributed by atoms with E-state index in [1.165, 1.54) is 38.5 Å². The Morgan fingerprint density at radius 3 is 0.667 bits per heavy atom. The molecular formula is C40H70O5. The molecule has 5 aliphatic rings. The van der Waals surface area contributed by atoms with Crippen LogP contribution in [-0.4, -0.2) is 28.9 Å². The van der Waals surface area contributed by atoms with Crippen LogP contribution in [0.4, 0.5) is 0 Å². The topological polar surface area (TPSA) is 85.3 Å². The first-order valence-corrected chi connectivity index (χ1v) is 18.8. The van der Waals surface area contributed by atoms with Crippen LogP contribution in [0.3, 0.4) is 0 Å². The fraction of sp³-hybridized carbons (Fsp3) is 0.875. The molecule has 5 heteroatoms. The number of carbonyl (C=O) groups is 5. The van der Waals surface area contributed by atoms with Gasteiger partial charge in [0.25, 0.3) is 0 Å². The monoisotopic (exact) mass is 631 g/mol. The molecule has 0 aromatic rings. The van der Waals surface area contributed by atoms with Gasteiger partial charge in [0, 0.05) is 59.2 Å². The summed E-state index contributed by atoms with van der Waals surface area (Å²) in [5.74, 6) is 5.79. The van der Waals surface area contributed by atoms with Crippen LogP contribution < -0.4 is 0 Å². The van der Waals surface area contributed by atoms with Crippen molar-refractivity contribution < 1.29 is 24.0 Å². The van der Waals surface area contributed by atoms with Gasteiger partial charge in [0.1, 0.15) is 28.9 Å². The second-order valence-corrected chi connectivity index (χ2v) is 15.7. The van der Waals surface area contributed by atoms with E-state index >= 15 is 0 Å². The van der Waals surface area contributed by atoms with Crippen LogP contribution in [0, 0.1) is 59.2 Å². The Balaban J connectivity index is 0.000000283. The lowest BCUT2D eigenvalue weighted by atomic mass is 9.76. The second-order valence-electron chi connectivity index (χ2n) is 15.7. The minimum absolute atomic E-state index is 0.324. The molecule has 0 aliphatic heterocycles. The highest BCUT2D eigenvalue weighted by molar-refractivity contribution is 5.88. The number of hydrogen-bond donors (Lipinski definition) is 0. The van der Waals surface area contributed by atoms with E-state index in [-0.39, 0.29) is 0 Å². The van der Waals surface area contributed by atoms with E-state index in [0.717, 1.165) is 57.8 Å². The third-order valence-electron chi connectivity index (χ3n) is 11.2. The van der Waals surface area contributed by atoms with E-state index in [1.807, 2.05) is 41.5 Å². The second kappa shape index (κ2) is 21.3. The molecule has 260 valence electrons. The quantitative estimate of drug-likeness (QED) is 0.249. The van der Waals surface area contributed by atoms with Gasteiger partial charge in [-0.2, -0.15) is 0 Å². The molecule has 5 rings (SSSR count). The first-order valence-electron chi connectivity index (χ1n) is 18.8. The highest BCUT2D eigenvalue weighted by Crippen LogP contribution is 2.28. The van der Waals surface area contributed by atoms with E-state index in [2.05, 4.69) is 27.7 Å². The lowest BCUT2D eigenvalue weighted by Gasteiger charge is -2.26. The van der Waals surface area contributed by atoms with Crippen molar-refractivity contribution in [2.45, 2.75) is 166 Å². The SMILES string of the molecule is CC1CCCC[C@@H](C)C1=O.CC1CCC[C@@H](C)C1=O.CC1CC[C@@H](C)C1=O.CC1C[C@@H](C)C1=O.C[C@@H]1CCCCC[C@H](C)C1=O. The number of rotatable bonds is 0. The first kappa shape index (κ1) is 41.4. The molecule has 4 unspecified atom stereocenters. The minimum Gasteiger partial charge on any atom is -0.299 e. The molecule has 0 heterocycles. The van der Waals surface area contributed by atoms with Gasteiger partial charge < -0.3 is 0 Å². The summed E-state index contributed by atoms with van der Waals surface area (Å²) in [6.07, 6.45) is 17.6. The summed E-state index contributed by atoms with van der Waals surface area (Å²) >= 11 is 0. The Morgan fingerprint density at radius 1 is 0.267 bits per heavy atom. The van der Waals surface area contributed by atoms with Gasteiger partial charge >= 0.3 is 0 Å². The van der Waals surface area contributed by atoms with Gasteiger partial charge in [0.05, 0.1) is 0 Å². The maximum absolute atomic E-state index is 11.5. The van der Waals surface area contributed by atoms with Crippen LogP contribution >= 0.6 is 0 Å². The third-order valence-corrected chi connectivity index (χ3v) is 11.2. The van der Waals surface area contributed by atoms with Crippen molar-refractivity contribution in [1.29, 1.82) is 0 Å². The average Bonchev–Trinajstić information content (AvgIpc) is 3.22. The molecule has 0 bridgehead atoms. The van der Waals surface area contributed by atoms with Crippen LogP contribution in [0.25, 0.3) is 0 Å².